The van der Waals surface area contributed by atoms with Crippen molar-refractivity contribution in [3.63, 3.8) is 0 Å². The van der Waals surface area contributed by atoms with Crippen molar-refractivity contribution in [3.8, 4) is 17.6 Å². The Kier molecular flexibility index (Phi) is 7.20. The van der Waals surface area contributed by atoms with Crippen molar-refractivity contribution in [2.75, 3.05) is 31.7 Å². The minimum absolute atomic E-state index is 0.107. The number of nitriles is 1. The van der Waals surface area contributed by atoms with Crippen molar-refractivity contribution in [2.45, 2.75) is 6.92 Å². The fraction of sp³-hybridized carbons (Fsp3) is 0.250. The van der Waals surface area contributed by atoms with Crippen LogP contribution in [0.1, 0.15) is 12.5 Å². The molecule has 140 valence electrons. The van der Waals surface area contributed by atoms with Crippen molar-refractivity contribution in [1.82, 2.24) is 5.32 Å². The number of nitrogens with zero attached hydrogens (tertiary/aromatic N) is 2. The summed E-state index contributed by atoms with van der Waals surface area (Å²) in [5, 5.41) is 11.6. The lowest BCUT2D eigenvalue weighted by atomic mass is 10.2. The molecule has 0 spiro atoms. The standard InChI is InChI=1S/C20H21N3O4/c1-15(24)23(17-5-3-16(13-21)4-6-17)14-20(25)22-11-12-27-19-9-7-18(26-2)8-10-19/h3-10H,11-12,14H2,1-2H3,(H,22,25). The van der Waals surface area contributed by atoms with Crippen LogP contribution >= 0.6 is 0 Å². The molecule has 0 radical (unpaired) electrons. The molecule has 2 aromatic rings. The summed E-state index contributed by atoms with van der Waals surface area (Å²) >= 11 is 0. The molecule has 0 aliphatic heterocycles. The summed E-state index contributed by atoms with van der Waals surface area (Å²) in [5.74, 6) is 0.855. The van der Waals surface area contributed by atoms with Gasteiger partial charge in [-0.1, -0.05) is 0 Å². The number of hydrogen-bond acceptors (Lipinski definition) is 5. The largest absolute Gasteiger partial charge is 0.497 e. The van der Waals surface area contributed by atoms with Gasteiger partial charge in [0.2, 0.25) is 11.8 Å². The number of benzene rings is 2. The highest BCUT2D eigenvalue weighted by molar-refractivity contribution is 5.97. The Morgan fingerprint density at radius 3 is 2.26 bits per heavy atom. The fourth-order valence-corrected chi connectivity index (χ4v) is 2.33. The Balaban J connectivity index is 1.81. The van der Waals surface area contributed by atoms with E-state index in [1.165, 1.54) is 11.8 Å². The number of hydrogen-bond donors (Lipinski definition) is 1. The maximum absolute atomic E-state index is 12.1. The van der Waals surface area contributed by atoms with E-state index >= 15 is 0 Å². The number of amides is 2. The fourth-order valence-electron chi connectivity index (χ4n) is 2.33. The van der Waals surface area contributed by atoms with Crippen LogP contribution in [0.15, 0.2) is 48.5 Å². The van der Waals surface area contributed by atoms with Crippen molar-refractivity contribution in [2.24, 2.45) is 0 Å². The maximum Gasteiger partial charge on any atom is 0.240 e. The Bertz CT molecular complexity index is 811. The van der Waals surface area contributed by atoms with Gasteiger partial charge < -0.3 is 19.7 Å². The summed E-state index contributed by atoms with van der Waals surface area (Å²) in [7, 11) is 1.59. The second kappa shape index (κ2) is 9.82. The Morgan fingerprint density at radius 2 is 1.70 bits per heavy atom. The molecule has 2 amide bonds. The molecule has 0 atom stereocenters. The predicted octanol–water partition coefficient (Wildman–Crippen LogP) is 2.11. The molecule has 0 aliphatic rings. The van der Waals surface area contributed by atoms with E-state index in [2.05, 4.69) is 5.32 Å². The normalized spacial score (nSPS) is 9.81. The first-order valence-electron chi connectivity index (χ1n) is 8.35. The van der Waals surface area contributed by atoms with Gasteiger partial charge in [-0.15, -0.1) is 0 Å². The zero-order valence-corrected chi connectivity index (χ0v) is 15.3. The van der Waals surface area contributed by atoms with E-state index < -0.39 is 0 Å². The lowest BCUT2D eigenvalue weighted by molar-refractivity contribution is -0.123. The molecule has 2 aromatic carbocycles. The van der Waals surface area contributed by atoms with Crippen LogP contribution < -0.4 is 19.7 Å². The van der Waals surface area contributed by atoms with Crippen LogP contribution in [-0.2, 0) is 9.59 Å². The molecular weight excluding hydrogens is 346 g/mol. The van der Waals surface area contributed by atoms with Gasteiger partial charge in [-0.05, 0) is 48.5 Å². The lowest BCUT2D eigenvalue weighted by Crippen LogP contribution is -2.41. The Labute approximate surface area is 158 Å². The summed E-state index contributed by atoms with van der Waals surface area (Å²) in [4.78, 5) is 25.3. The van der Waals surface area contributed by atoms with Crippen LogP contribution in [0.2, 0.25) is 0 Å². The SMILES string of the molecule is COc1ccc(OCCNC(=O)CN(C(C)=O)c2ccc(C#N)cc2)cc1. The molecule has 7 heteroatoms. The van der Waals surface area contributed by atoms with Crippen molar-refractivity contribution >= 4 is 17.5 Å². The molecule has 27 heavy (non-hydrogen) atoms. The average Bonchev–Trinajstić information content (AvgIpc) is 2.70. The van der Waals surface area contributed by atoms with E-state index in [9.17, 15) is 9.59 Å². The number of carbonyl (C=O) groups excluding carboxylic acids is 2. The van der Waals surface area contributed by atoms with Gasteiger partial charge in [-0.2, -0.15) is 5.26 Å². The Hall–Kier alpha value is -3.53. The Morgan fingerprint density at radius 1 is 1.07 bits per heavy atom. The highest BCUT2D eigenvalue weighted by Gasteiger charge is 2.15. The summed E-state index contributed by atoms with van der Waals surface area (Å²) in [6.45, 7) is 1.89. The molecule has 0 heterocycles. The number of ether oxygens (including phenoxy) is 2. The number of nitrogens with one attached hydrogen (secondary N) is 1. The van der Waals surface area contributed by atoms with Crippen molar-refractivity contribution in [1.29, 1.82) is 5.26 Å². The second-order valence-electron chi connectivity index (χ2n) is 5.64. The molecule has 0 unspecified atom stereocenters. The van der Waals surface area contributed by atoms with E-state index in [1.807, 2.05) is 6.07 Å². The quantitative estimate of drug-likeness (QED) is 0.722. The van der Waals surface area contributed by atoms with Crippen molar-refractivity contribution < 1.29 is 19.1 Å². The van der Waals surface area contributed by atoms with Crippen LogP contribution in [0, 0.1) is 11.3 Å². The van der Waals surface area contributed by atoms with Crippen molar-refractivity contribution in [3.05, 3.63) is 54.1 Å². The molecule has 0 aromatic heterocycles. The van der Waals surface area contributed by atoms with Crippen LogP contribution in [-0.4, -0.2) is 38.6 Å². The van der Waals surface area contributed by atoms with E-state index in [0.717, 1.165) is 5.75 Å². The first-order valence-corrected chi connectivity index (χ1v) is 8.35. The van der Waals surface area contributed by atoms with Gasteiger partial charge in [0.05, 0.1) is 25.3 Å². The number of carbonyl (C=O) groups is 2. The molecule has 7 nitrogen and oxygen atoms in total. The zero-order chi connectivity index (χ0) is 19.6. The molecule has 0 saturated carbocycles. The molecular formula is C20H21N3O4. The summed E-state index contributed by atoms with van der Waals surface area (Å²) in [6.07, 6.45) is 0. The zero-order valence-electron chi connectivity index (χ0n) is 15.3. The predicted molar refractivity (Wildman–Crippen MR) is 101 cm³/mol. The van der Waals surface area contributed by atoms with Gasteiger partial charge in [0, 0.05) is 12.6 Å². The third-order valence-corrected chi connectivity index (χ3v) is 3.74. The minimum Gasteiger partial charge on any atom is -0.497 e. The third-order valence-electron chi connectivity index (χ3n) is 3.74. The van der Waals surface area contributed by atoms with Crippen LogP contribution in [0.5, 0.6) is 11.5 Å². The van der Waals surface area contributed by atoms with Gasteiger partial charge in [-0.25, -0.2) is 0 Å². The van der Waals surface area contributed by atoms with E-state index in [-0.39, 0.29) is 18.4 Å². The first kappa shape index (κ1) is 19.8. The first-order chi connectivity index (χ1) is 13.0. The highest BCUT2D eigenvalue weighted by Crippen LogP contribution is 2.17. The highest BCUT2D eigenvalue weighted by atomic mass is 16.5. The summed E-state index contributed by atoms with van der Waals surface area (Å²) < 4.78 is 10.6. The topological polar surface area (TPSA) is 91.7 Å². The summed E-state index contributed by atoms with van der Waals surface area (Å²) in [6, 6.07) is 15.6. The van der Waals surface area contributed by atoms with Crippen LogP contribution in [0.25, 0.3) is 0 Å². The van der Waals surface area contributed by atoms with E-state index in [4.69, 9.17) is 14.7 Å². The van der Waals surface area contributed by atoms with Gasteiger partial charge in [-0.3, -0.25) is 9.59 Å². The molecule has 2 rings (SSSR count). The summed E-state index contributed by atoms with van der Waals surface area (Å²) in [5.41, 5.74) is 1.05. The molecule has 0 aliphatic carbocycles. The van der Waals surface area contributed by atoms with Gasteiger partial charge in [0.1, 0.15) is 24.7 Å². The molecule has 0 saturated heterocycles. The second-order valence-corrected chi connectivity index (χ2v) is 5.64. The number of methoxy groups -OCH3 is 1. The molecule has 0 fully saturated rings. The number of rotatable bonds is 8. The van der Waals surface area contributed by atoms with Gasteiger partial charge in [0.25, 0.3) is 0 Å². The third kappa shape index (κ3) is 6.04. The van der Waals surface area contributed by atoms with Gasteiger partial charge >= 0.3 is 0 Å². The average molecular weight is 367 g/mol. The van der Waals surface area contributed by atoms with Crippen LogP contribution in [0.3, 0.4) is 0 Å². The lowest BCUT2D eigenvalue weighted by Gasteiger charge is -2.20. The van der Waals surface area contributed by atoms with E-state index in [1.54, 1.807) is 55.6 Å². The maximum atomic E-state index is 12.1. The monoisotopic (exact) mass is 367 g/mol. The molecule has 0 bridgehead atoms. The number of anilines is 1. The van der Waals surface area contributed by atoms with Crippen LogP contribution in [0.4, 0.5) is 5.69 Å². The van der Waals surface area contributed by atoms with E-state index in [0.29, 0.717) is 30.2 Å². The van der Waals surface area contributed by atoms with Gasteiger partial charge in [0.15, 0.2) is 0 Å². The minimum atomic E-state index is -0.298. The smallest absolute Gasteiger partial charge is 0.240 e. The molecule has 1 N–H and O–H groups in total.